The number of ether oxygens (including phenoxy) is 1. The van der Waals surface area contributed by atoms with E-state index in [4.69, 9.17) is 4.74 Å². The van der Waals surface area contributed by atoms with E-state index in [2.05, 4.69) is 43.7 Å². The third-order valence-corrected chi connectivity index (χ3v) is 4.95. The average Bonchev–Trinajstić information content (AvgIpc) is 2.48. The Morgan fingerprint density at radius 2 is 2.13 bits per heavy atom. The van der Waals surface area contributed by atoms with Crippen LogP contribution in [0.1, 0.15) is 31.2 Å². The summed E-state index contributed by atoms with van der Waals surface area (Å²) in [4.78, 5) is 4.32. The van der Waals surface area contributed by atoms with Crippen molar-refractivity contribution in [1.29, 1.82) is 0 Å². The van der Waals surface area contributed by atoms with Crippen LogP contribution in [0.4, 0.5) is 0 Å². The lowest BCUT2D eigenvalue weighted by Crippen LogP contribution is -2.46. The van der Waals surface area contributed by atoms with E-state index in [1.165, 1.54) is 24.8 Å². The predicted molar refractivity (Wildman–Crippen MR) is 111 cm³/mol. The fourth-order valence-electron chi connectivity index (χ4n) is 2.84. The number of benzene rings is 1. The van der Waals surface area contributed by atoms with Gasteiger partial charge in [0.05, 0.1) is 0 Å². The number of hydrogen-bond acceptors (Lipinski definition) is 2. The van der Waals surface area contributed by atoms with Crippen LogP contribution in [0.25, 0.3) is 0 Å². The zero-order valence-electron chi connectivity index (χ0n) is 13.9. The second-order valence-electron chi connectivity index (χ2n) is 6.01. The Bertz CT molecular complexity index is 506. The number of hydrogen-bond donors (Lipinski definition) is 2. The molecule has 0 radical (unpaired) electrons. The van der Waals surface area contributed by atoms with Crippen LogP contribution in [0.2, 0.25) is 0 Å². The zero-order chi connectivity index (χ0) is 15.8. The van der Waals surface area contributed by atoms with Gasteiger partial charge in [0.25, 0.3) is 0 Å². The van der Waals surface area contributed by atoms with E-state index in [1.54, 1.807) is 7.11 Å². The fourth-order valence-corrected chi connectivity index (χ4v) is 3.28. The highest BCUT2D eigenvalue weighted by Crippen LogP contribution is 2.43. The molecule has 6 heteroatoms. The molecule has 1 aliphatic rings. The summed E-state index contributed by atoms with van der Waals surface area (Å²) in [5, 5.41) is 6.85. The molecule has 0 aliphatic heterocycles. The minimum absolute atomic E-state index is 0. The lowest BCUT2D eigenvalue weighted by molar-refractivity contribution is 0.0732. The van der Waals surface area contributed by atoms with Crippen LogP contribution < -0.4 is 10.6 Å². The van der Waals surface area contributed by atoms with Crippen molar-refractivity contribution < 1.29 is 4.74 Å². The molecule has 0 spiro atoms. The van der Waals surface area contributed by atoms with Crippen molar-refractivity contribution in [3.8, 4) is 0 Å². The molecule has 0 atom stereocenters. The third kappa shape index (κ3) is 6.58. The van der Waals surface area contributed by atoms with Gasteiger partial charge in [0.1, 0.15) is 0 Å². The number of guanidine groups is 1. The number of aliphatic imine (C=N–C) groups is 1. The topological polar surface area (TPSA) is 45.7 Å². The maximum Gasteiger partial charge on any atom is 0.191 e. The number of halogens is 2. The van der Waals surface area contributed by atoms with Gasteiger partial charge in [0.15, 0.2) is 5.96 Å². The second kappa shape index (κ2) is 10.5. The van der Waals surface area contributed by atoms with Crippen LogP contribution in [-0.2, 0) is 11.3 Å². The van der Waals surface area contributed by atoms with Gasteiger partial charge in [0, 0.05) is 38.3 Å². The summed E-state index contributed by atoms with van der Waals surface area (Å²) in [6, 6.07) is 8.31. The molecule has 1 aromatic rings. The average molecular weight is 496 g/mol. The first kappa shape index (κ1) is 20.7. The van der Waals surface area contributed by atoms with Gasteiger partial charge in [-0.1, -0.05) is 34.5 Å². The SMILES string of the molecule is CN=C(NCc1cccc(Br)c1)NCC1(CCOC)CCC1.I. The molecule has 4 nitrogen and oxygen atoms in total. The minimum atomic E-state index is 0. The van der Waals surface area contributed by atoms with Crippen LogP contribution in [0, 0.1) is 5.41 Å². The molecule has 2 N–H and O–H groups in total. The Labute approximate surface area is 165 Å². The Morgan fingerprint density at radius 1 is 1.35 bits per heavy atom. The summed E-state index contributed by atoms with van der Waals surface area (Å²) in [5.41, 5.74) is 1.62. The van der Waals surface area contributed by atoms with Gasteiger partial charge in [-0.2, -0.15) is 0 Å². The Kier molecular flexibility index (Phi) is 9.46. The van der Waals surface area contributed by atoms with E-state index in [9.17, 15) is 0 Å². The first-order valence-corrected chi connectivity index (χ1v) is 8.65. The largest absolute Gasteiger partial charge is 0.385 e. The number of nitrogens with one attached hydrogen (secondary N) is 2. The van der Waals surface area contributed by atoms with Crippen LogP contribution >= 0.6 is 39.9 Å². The molecule has 1 aliphatic carbocycles. The number of rotatable bonds is 7. The van der Waals surface area contributed by atoms with E-state index in [-0.39, 0.29) is 24.0 Å². The molecule has 0 unspecified atom stereocenters. The summed E-state index contributed by atoms with van der Waals surface area (Å²) in [6.07, 6.45) is 5.02. The smallest absolute Gasteiger partial charge is 0.191 e. The quantitative estimate of drug-likeness (QED) is 0.342. The van der Waals surface area contributed by atoms with Crippen LogP contribution in [-0.4, -0.2) is 33.3 Å². The van der Waals surface area contributed by atoms with Crippen molar-refractivity contribution >= 4 is 45.9 Å². The highest BCUT2D eigenvalue weighted by Gasteiger charge is 2.36. The van der Waals surface area contributed by atoms with Gasteiger partial charge >= 0.3 is 0 Å². The molecule has 0 saturated heterocycles. The van der Waals surface area contributed by atoms with E-state index in [0.717, 1.165) is 36.5 Å². The number of nitrogens with zero attached hydrogens (tertiary/aromatic N) is 1. The molecular weight excluding hydrogens is 469 g/mol. The highest BCUT2D eigenvalue weighted by molar-refractivity contribution is 14.0. The molecule has 1 aromatic carbocycles. The molecule has 1 fully saturated rings. The monoisotopic (exact) mass is 495 g/mol. The Hall–Kier alpha value is -0.340. The van der Waals surface area contributed by atoms with E-state index >= 15 is 0 Å². The maximum atomic E-state index is 5.24. The van der Waals surface area contributed by atoms with Gasteiger partial charge in [-0.15, -0.1) is 24.0 Å². The predicted octanol–water partition coefficient (Wildman–Crippen LogP) is 3.94. The zero-order valence-corrected chi connectivity index (χ0v) is 17.8. The van der Waals surface area contributed by atoms with Crippen LogP contribution in [0.15, 0.2) is 33.7 Å². The lowest BCUT2D eigenvalue weighted by atomic mass is 9.67. The highest BCUT2D eigenvalue weighted by atomic mass is 127. The second-order valence-corrected chi connectivity index (χ2v) is 6.92. The van der Waals surface area contributed by atoms with Crippen LogP contribution in [0.3, 0.4) is 0 Å². The molecule has 2 rings (SSSR count). The summed E-state index contributed by atoms with van der Waals surface area (Å²) in [7, 11) is 3.59. The minimum Gasteiger partial charge on any atom is -0.385 e. The fraction of sp³-hybridized carbons (Fsp3) is 0.588. The summed E-state index contributed by atoms with van der Waals surface area (Å²) >= 11 is 3.50. The lowest BCUT2D eigenvalue weighted by Gasteiger charge is -2.42. The molecule has 0 bridgehead atoms. The van der Waals surface area contributed by atoms with Crippen LogP contribution in [0.5, 0.6) is 0 Å². The van der Waals surface area contributed by atoms with E-state index < -0.39 is 0 Å². The first-order chi connectivity index (χ1) is 10.7. The van der Waals surface area contributed by atoms with Gasteiger partial charge in [-0.3, -0.25) is 4.99 Å². The van der Waals surface area contributed by atoms with E-state index in [0.29, 0.717) is 5.41 Å². The van der Waals surface area contributed by atoms with Gasteiger partial charge in [0.2, 0.25) is 0 Å². The van der Waals surface area contributed by atoms with Gasteiger partial charge in [-0.25, -0.2) is 0 Å². The molecule has 0 amide bonds. The Balaban J connectivity index is 0.00000264. The van der Waals surface area contributed by atoms with Crippen molar-refractivity contribution in [2.24, 2.45) is 10.4 Å². The standard InChI is InChI=1S/C17H26BrN3O.HI/c1-19-16(20-12-14-5-3-6-15(18)11-14)21-13-17(7-4-8-17)9-10-22-2;/h3,5-6,11H,4,7-10,12-13H2,1-2H3,(H2,19,20,21);1H. The molecule has 1 saturated carbocycles. The third-order valence-electron chi connectivity index (χ3n) is 4.45. The first-order valence-electron chi connectivity index (χ1n) is 7.85. The van der Waals surface area contributed by atoms with E-state index in [1.807, 2.05) is 19.2 Å². The molecule has 0 heterocycles. The summed E-state index contributed by atoms with van der Waals surface area (Å²) in [5.74, 6) is 0.865. The molecule has 23 heavy (non-hydrogen) atoms. The van der Waals surface area contributed by atoms with Crippen molar-refractivity contribution in [2.45, 2.75) is 32.2 Å². The molecule has 0 aromatic heterocycles. The van der Waals surface area contributed by atoms with Crippen molar-refractivity contribution in [2.75, 3.05) is 27.3 Å². The molecular formula is C17H27BrIN3O. The summed E-state index contributed by atoms with van der Waals surface area (Å²) in [6.45, 7) is 2.57. The maximum absolute atomic E-state index is 5.24. The van der Waals surface area contributed by atoms with Crippen molar-refractivity contribution in [1.82, 2.24) is 10.6 Å². The van der Waals surface area contributed by atoms with Crippen molar-refractivity contribution in [3.05, 3.63) is 34.3 Å². The summed E-state index contributed by atoms with van der Waals surface area (Å²) < 4.78 is 6.34. The Morgan fingerprint density at radius 3 is 2.70 bits per heavy atom. The van der Waals surface area contributed by atoms with Gasteiger partial charge < -0.3 is 15.4 Å². The van der Waals surface area contributed by atoms with Gasteiger partial charge in [-0.05, 0) is 42.4 Å². The molecule has 130 valence electrons. The van der Waals surface area contributed by atoms with Crippen molar-refractivity contribution in [3.63, 3.8) is 0 Å². The normalized spacial score (nSPS) is 16.2. The number of methoxy groups -OCH3 is 1.